The lowest BCUT2D eigenvalue weighted by Gasteiger charge is -2.32. The van der Waals surface area contributed by atoms with Crippen molar-refractivity contribution < 1.29 is 18.0 Å². The average Bonchev–Trinajstić information content (AvgIpc) is 3.08. The molecule has 1 N–H and O–H groups in total. The van der Waals surface area contributed by atoms with Gasteiger partial charge in [0.1, 0.15) is 0 Å². The molecule has 0 spiro atoms. The van der Waals surface area contributed by atoms with E-state index >= 15 is 0 Å². The number of amides is 2. The molecule has 1 saturated carbocycles. The van der Waals surface area contributed by atoms with Crippen molar-refractivity contribution >= 4 is 27.5 Å². The molecule has 2 amide bonds. The number of rotatable bonds is 8. The first-order chi connectivity index (χ1) is 16.2. The van der Waals surface area contributed by atoms with Crippen LogP contribution in [0.1, 0.15) is 42.9 Å². The highest BCUT2D eigenvalue weighted by Crippen LogP contribution is 2.38. The van der Waals surface area contributed by atoms with Crippen LogP contribution in [0.2, 0.25) is 0 Å². The maximum Gasteiger partial charge on any atom is 0.243 e. The van der Waals surface area contributed by atoms with Gasteiger partial charge in [-0.05, 0) is 68.9 Å². The zero-order valence-electron chi connectivity index (χ0n) is 20.1. The van der Waals surface area contributed by atoms with Gasteiger partial charge in [-0.2, -0.15) is 4.31 Å². The predicted molar refractivity (Wildman–Crippen MR) is 132 cm³/mol. The summed E-state index contributed by atoms with van der Waals surface area (Å²) >= 11 is 0. The molecule has 1 atom stereocenters. The van der Waals surface area contributed by atoms with Crippen LogP contribution in [0.4, 0.5) is 5.69 Å². The molecule has 2 aromatic carbocycles. The number of anilines is 1. The summed E-state index contributed by atoms with van der Waals surface area (Å²) in [4.78, 5) is 27.2. The Morgan fingerprint density at radius 2 is 1.82 bits per heavy atom. The Kier molecular flexibility index (Phi) is 7.09. The lowest BCUT2D eigenvalue weighted by atomic mass is 9.84. The number of sulfonamides is 1. The van der Waals surface area contributed by atoms with Gasteiger partial charge in [-0.3, -0.25) is 9.59 Å². The van der Waals surface area contributed by atoms with Crippen LogP contribution in [0.25, 0.3) is 0 Å². The minimum atomic E-state index is -3.83. The Hall–Kier alpha value is -2.71. The van der Waals surface area contributed by atoms with Gasteiger partial charge in [-0.25, -0.2) is 8.42 Å². The van der Waals surface area contributed by atoms with Crippen molar-refractivity contribution in [1.82, 2.24) is 9.62 Å². The Labute approximate surface area is 202 Å². The van der Waals surface area contributed by atoms with Gasteiger partial charge in [0.2, 0.25) is 21.8 Å². The standard InChI is InChI=1S/C26H33N3O4S/c1-18-7-9-20(10-8-18)13-14-27-25(30)17-28(3)34(32,33)23-11-12-24-22(16-23)15-19(2)29(24)26(31)21-5-4-6-21/h7-12,16,19,21H,4-6,13-15,17H2,1-3H3,(H,27,30). The molecular weight excluding hydrogens is 450 g/mol. The number of fused-ring (bicyclic) bond motifs is 1. The number of carbonyl (C=O) groups excluding carboxylic acids is 2. The maximum atomic E-state index is 13.1. The van der Waals surface area contributed by atoms with Crippen LogP contribution in [0.3, 0.4) is 0 Å². The summed E-state index contributed by atoms with van der Waals surface area (Å²) in [5.41, 5.74) is 3.96. The molecule has 1 heterocycles. The van der Waals surface area contributed by atoms with E-state index in [0.29, 0.717) is 19.4 Å². The minimum Gasteiger partial charge on any atom is -0.355 e. The van der Waals surface area contributed by atoms with Gasteiger partial charge in [0.25, 0.3) is 0 Å². The SMILES string of the molecule is Cc1ccc(CCNC(=O)CN(C)S(=O)(=O)c2ccc3c(c2)CC(C)N3C(=O)C2CCC2)cc1. The van der Waals surface area contributed by atoms with Gasteiger partial charge in [-0.1, -0.05) is 36.2 Å². The van der Waals surface area contributed by atoms with Gasteiger partial charge >= 0.3 is 0 Å². The average molecular weight is 484 g/mol. The fraction of sp³-hybridized carbons (Fsp3) is 0.462. The third kappa shape index (κ3) is 5.03. The van der Waals surface area contributed by atoms with Crippen LogP contribution in [0, 0.1) is 12.8 Å². The van der Waals surface area contributed by atoms with Crippen LogP contribution < -0.4 is 10.2 Å². The highest BCUT2D eigenvalue weighted by molar-refractivity contribution is 7.89. The van der Waals surface area contributed by atoms with E-state index < -0.39 is 10.0 Å². The summed E-state index contributed by atoms with van der Waals surface area (Å²) in [7, 11) is -2.42. The van der Waals surface area contributed by atoms with Gasteiger partial charge in [-0.15, -0.1) is 0 Å². The Morgan fingerprint density at radius 1 is 1.12 bits per heavy atom. The molecule has 1 aliphatic carbocycles. The predicted octanol–water partition coefficient (Wildman–Crippen LogP) is 3.05. The van der Waals surface area contributed by atoms with Crippen LogP contribution in [-0.2, 0) is 32.5 Å². The number of nitrogens with one attached hydrogen (secondary N) is 1. The molecule has 1 fully saturated rings. The second kappa shape index (κ2) is 9.88. The largest absolute Gasteiger partial charge is 0.355 e. The molecule has 34 heavy (non-hydrogen) atoms. The van der Waals surface area contributed by atoms with E-state index in [2.05, 4.69) is 5.32 Å². The number of hydrogen-bond acceptors (Lipinski definition) is 4. The van der Waals surface area contributed by atoms with Crippen molar-refractivity contribution in [3.63, 3.8) is 0 Å². The second-order valence-electron chi connectivity index (χ2n) is 9.53. The summed E-state index contributed by atoms with van der Waals surface area (Å²) < 4.78 is 27.3. The number of likely N-dealkylation sites (N-methyl/N-ethyl adjacent to an activating group) is 1. The van der Waals surface area contributed by atoms with Crippen LogP contribution in [0.5, 0.6) is 0 Å². The summed E-state index contributed by atoms with van der Waals surface area (Å²) in [5, 5.41) is 2.80. The first-order valence-corrected chi connectivity index (χ1v) is 13.4. The summed E-state index contributed by atoms with van der Waals surface area (Å²) in [6.45, 7) is 4.21. The smallest absolute Gasteiger partial charge is 0.243 e. The van der Waals surface area contributed by atoms with Crippen molar-refractivity contribution in [2.75, 3.05) is 25.0 Å². The first-order valence-electron chi connectivity index (χ1n) is 11.9. The number of hydrogen-bond donors (Lipinski definition) is 1. The third-order valence-electron chi connectivity index (χ3n) is 6.89. The van der Waals surface area contributed by atoms with E-state index in [1.807, 2.05) is 43.0 Å². The maximum absolute atomic E-state index is 13.1. The van der Waals surface area contributed by atoms with Gasteiger partial charge in [0.15, 0.2) is 0 Å². The van der Waals surface area contributed by atoms with E-state index in [4.69, 9.17) is 0 Å². The van der Waals surface area contributed by atoms with E-state index in [1.54, 1.807) is 18.2 Å². The lowest BCUT2D eigenvalue weighted by molar-refractivity contribution is -0.125. The third-order valence-corrected chi connectivity index (χ3v) is 8.69. The molecule has 0 radical (unpaired) electrons. The van der Waals surface area contributed by atoms with E-state index in [1.165, 1.54) is 12.6 Å². The quantitative estimate of drug-likeness (QED) is 0.625. The highest BCUT2D eigenvalue weighted by atomic mass is 32.2. The van der Waals surface area contributed by atoms with Crippen LogP contribution in [-0.4, -0.2) is 50.7 Å². The Bertz CT molecular complexity index is 1170. The van der Waals surface area contributed by atoms with Crippen LogP contribution >= 0.6 is 0 Å². The molecule has 0 bridgehead atoms. The summed E-state index contributed by atoms with van der Waals surface area (Å²) in [6.07, 6.45) is 4.26. The lowest BCUT2D eigenvalue weighted by Crippen LogP contribution is -2.42. The molecule has 2 aliphatic rings. The molecule has 1 aliphatic heterocycles. The second-order valence-corrected chi connectivity index (χ2v) is 11.6. The van der Waals surface area contributed by atoms with Crippen LogP contribution in [0.15, 0.2) is 47.4 Å². The van der Waals surface area contributed by atoms with E-state index in [-0.39, 0.29) is 35.2 Å². The summed E-state index contributed by atoms with van der Waals surface area (Å²) in [6, 6.07) is 13.0. The van der Waals surface area contributed by atoms with E-state index in [0.717, 1.165) is 40.4 Å². The Morgan fingerprint density at radius 3 is 2.47 bits per heavy atom. The Balaban J connectivity index is 1.37. The number of nitrogens with zero attached hydrogens (tertiary/aromatic N) is 2. The molecule has 0 saturated heterocycles. The van der Waals surface area contributed by atoms with Crippen molar-refractivity contribution in [2.24, 2.45) is 5.92 Å². The van der Waals surface area contributed by atoms with Crippen molar-refractivity contribution in [3.8, 4) is 0 Å². The highest BCUT2D eigenvalue weighted by Gasteiger charge is 2.37. The zero-order valence-corrected chi connectivity index (χ0v) is 20.9. The fourth-order valence-electron chi connectivity index (χ4n) is 4.58. The zero-order chi connectivity index (χ0) is 24.5. The monoisotopic (exact) mass is 483 g/mol. The molecule has 1 unspecified atom stereocenters. The molecule has 4 rings (SSSR count). The molecule has 182 valence electrons. The summed E-state index contributed by atoms with van der Waals surface area (Å²) in [5.74, 6) is -0.106. The molecular formula is C26H33N3O4S. The molecule has 2 aromatic rings. The minimum absolute atomic E-state index is 0.0121. The molecule has 8 heteroatoms. The normalized spacial score (nSPS) is 18.0. The van der Waals surface area contributed by atoms with Crippen molar-refractivity contribution in [3.05, 3.63) is 59.2 Å². The fourth-order valence-corrected chi connectivity index (χ4v) is 5.76. The number of aryl methyl sites for hydroxylation is 1. The van der Waals surface area contributed by atoms with Crippen molar-refractivity contribution in [2.45, 2.75) is 56.9 Å². The van der Waals surface area contributed by atoms with Gasteiger partial charge in [0.05, 0.1) is 11.4 Å². The first kappa shape index (κ1) is 24.4. The van der Waals surface area contributed by atoms with Gasteiger partial charge in [0, 0.05) is 31.2 Å². The molecule has 0 aromatic heterocycles. The van der Waals surface area contributed by atoms with Gasteiger partial charge < -0.3 is 10.2 Å². The number of benzene rings is 2. The molecule has 7 nitrogen and oxygen atoms in total. The topological polar surface area (TPSA) is 86.8 Å². The van der Waals surface area contributed by atoms with E-state index in [9.17, 15) is 18.0 Å². The number of carbonyl (C=O) groups is 2. The van der Waals surface area contributed by atoms with Crippen molar-refractivity contribution in [1.29, 1.82) is 0 Å².